The van der Waals surface area contributed by atoms with Crippen LogP contribution in [0.3, 0.4) is 0 Å². The molecular weight excluding hydrogens is 192 g/mol. The number of aromatic nitrogens is 2. The number of hydrogen-bond donors (Lipinski definition) is 1. The molecule has 1 N–H and O–H groups in total. The van der Waals surface area contributed by atoms with Crippen LogP contribution in [-0.2, 0) is 0 Å². The number of nitrogens with one attached hydrogen (secondary N) is 1. The van der Waals surface area contributed by atoms with Crippen molar-refractivity contribution >= 4 is 5.91 Å². The molecule has 5 nitrogen and oxygen atoms in total. The van der Waals surface area contributed by atoms with Gasteiger partial charge in [0.25, 0.3) is 5.91 Å². The van der Waals surface area contributed by atoms with E-state index in [2.05, 4.69) is 22.1 Å². The summed E-state index contributed by atoms with van der Waals surface area (Å²) in [5, 5.41) is 6.63. The third-order valence-electron chi connectivity index (χ3n) is 2.83. The molecule has 1 aromatic rings. The molecule has 82 valence electrons. The van der Waals surface area contributed by atoms with Crippen molar-refractivity contribution in [1.82, 2.24) is 20.0 Å². The fourth-order valence-electron chi connectivity index (χ4n) is 1.73. The number of carbonyl (C=O) groups excluding carboxylic acids is 1. The van der Waals surface area contributed by atoms with Crippen LogP contribution in [-0.4, -0.2) is 59.1 Å². The Bertz CT molecular complexity index is 352. The molecule has 0 aromatic carbocycles. The van der Waals surface area contributed by atoms with Crippen molar-refractivity contribution in [2.24, 2.45) is 0 Å². The molecule has 0 aliphatic carbocycles. The van der Waals surface area contributed by atoms with Crippen molar-refractivity contribution in [2.75, 3.05) is 33.2 Å². The highest BCUT2D eigenvalue weighted by molar-refractivity contribution is 5.93. The number of likely N-dealkylation sites (N-methyl/N-ethyl adjacent to an activating group) is 1. The van der Waals surface area contributed by atoms with Crippen molar-refractivity contribution in [2.45, 2.75) is 6.92 Å². The number of aromatic amines is 1. The van der Waals surface area contributed by atoms with E-state index in [1.54, 1.807) is 6.20 Å². The van der Waals surface area contributed by atoms with Crippen molar-refractivity contribution in [3.8, 4) is 0 Å². The van der Waals surface area contributed by atoms with Crippen LogP contribution < -0.4 is 0 Å². The maximum atomic E-state index is 12.0. The summed E-state index contributed by atoms with van der Waals surface area (Å²) in [7, 11) is 2.07. The summed E-state index contributed by atoms with van der Waals surface area (Å²) < 4.78 is 0. The van der Waals surface area contributed by atoms with Gasteiger partial charge in [0.15, 0.2) is 0 Å². The van der Waals surface area contributed by atoms with E-state index in [9.17, 15) is 4.79 Å². The number of rotatable bonds is 1. The molecule has 5 heteroatoms. The monoisotopic (exact) mass is 208 g/mol. The number of carbonyl (C=O) groups is 1. The summed E-state index contributed by atoms with van der Waals surface area (Å²) in [5.41, 5.74) is 1.54. The molecule has 0 unspecified atom stereocenters. The van der Waals surface area contributed by atoms with E-state index in [0.717, 1.165) is 31.7 Å². The van der Waals surface area contributed by atoms with Gasteiger partial charge in [-0.3, -0.25) is 9.89 Å². The molecule has 0 bridgehead atoms. The van der Waals surface area contributed by atoms with Gasteiger partial charge >= 0.3 is 0 Å². The summed E-state index contributed by atoms with van der Waals surface area (Å²) in [6.07, 6.45) is 1.68. The lowest BCUT2D eigenvalue weighted by Crippen LogP contribution is -2.47. The van der Waals surface area contributed by atoms with Gasteiger partial charge in [-0.2, -0.15) is 5.10 Å². The third kappa shape index (κ3) is 2.02. The second-order valence-corrected chi connectivity index (χ2v) is 4.02. The fraction of sp³-hybridized carbons (Fsp3) is 0.600. The SMILES string of the molecule is Cc1cn[nH]c1C(=O)N1CCN(C)CC1. The molecule has 2 heterocycles. The predicted octanol–water partition coefficient (Wildman–Crippen LogP) is 0.106. The molecule has 1 aromatic heterocycles. The van der Waals surface area contributed by atoms with Crippen LogP contribution in [0.4, 0.5) is 0 Å². The summed E-state index contributed by atoms with van der Waals surface area (Å²) in [6.45, 7) is 5.38. The van der Waals surface area contributed by atoms with Crippen molar-refractivity contribution < 1.29 is 4.79 Å². The van der Waals surface area contributed by atoms with Gasteiger partial charge in [0.2, 0.25) is 0 Å². The van der Waals surface area contributed by atoms with Crippen LogP contribution >= 0.6 is 0 Å². The van der Waals surface area contributed by atoms with Gasteiger partial charge < -0.3 is 9.80 Å². The third-order valence-corrected chi connectivity index (χ3v) is 2.83. The molecule has 15 heavy (non-hydrogen) atoms. The first-order valence-electron chi connectivity index (χ1n) is 5.16. The Kier molecular flexibility index (Phi) is 2.73. The van der Waals surface area contributed by atoms with E-state index in [4.69, 9.17) is 0 Å². The van der Waals surface area contributed by atoms with E-state index in [1.807, 2.05) is 11.8 Å². The molecule has 1 saturated heterocycles. The molecule has 1 amide bonds. The highest BCUT2D eigenvalue weighted by atomic mass is 16.2. The minimum absolute atomic E-state index is 0.0677. The number of H-pyrrole nitrogens is 1. The molecule has 0 atom stereocenters. The summed E-state index contributed by atoms with van der Waals surface area (Å²) >= 11 is 0. The van der Waals surface area contributed by atoms with E-state index < -0.39 is 0 Å². The molecule has 0 saturated carbocycles. The lowest BCUT2D eigenvalue weighted by Gasteiger charge is -2.32. The molecule has 0 spiro atoms. The van der Waals surface area contributed by atoms with Crippen molar-refractivity contribution in [3.63, 3.8) is 0 Å². The number of hydrogen-bond acceptors (Lipinski definition) is 3. The Balaban J connectivity index is 2.06. The second-order valence-electron chi connectivity index (χ2n) is 4.02. The van der Waals surface area contributed by atoms with E-state index in [0.29, 0.717) is 5.69 Å². The highest BCUT2D eigenvalue weighted by Gasteiger charge is 2.22. The maximum Gasteiger partial charge on any atom is 0.272 e. The largest absolute Gasteiger partial charge is 0.335 e. The Hall–Kier alpha value is -1.36. The minimum atomic E-state index is 0.0677. The minimum Gasteiger partial charge on any atom is -0.335 e. The zero-order valence-corrected chi connectivity index (χ0v) is 9.16. The van der Waals surface area contributed by atoms with Gasteiger partial charge in [-0.15, -0.1) is 0 Å². The standard InChI is InChI=1S/C10H16N4O/c1-8-7-11-12-9(8)10(15)14-5-3-13(2)4-6-14/h7H,3-6H2,1-2H3,(H,11,12). The van der Waals surface area contributed by atoms with Crippen LogP contribution in [0.2, 0.25) is 0 Å². The zero-order valence-electron chi connectivity index (χ0n) is 9.16. The Labute approximate surface area is 89.1 Å². The average Bonchev–Trinajstić information content (AvgIpc) is 2.65. The molecule has 1 fully saturated rings. The first-order valence-corrected chi connectivity index (χ1v) is 5.16. The second kappa shape index (κ2) is 4.02. The Morgan fingerprint density at radius 1 is 1.40 bits per heavy atom. The molecule has 0 radical (unpaired) electrons. The number of aryl methyl sites for hydroxylation is 1. The van der Waals surface area contributed by atoms with Gasteiger partial charge in [0, 0.05) is 26.2 Å². The Morgan fingerprint density at radius 3 is 2.60 bits per heavy atom. The highest BCUT2D eigenvalue weighted by Crippen LogP contribution is 2.08. The average molecular weight is 208 g/mol. The van der Waals surface area contributed by atoms with Crippen LogP contribution in [0.5, 0.6) is 0 Å². The quantitative estimate of drug-likeness (QED) is 0.712. The molecule has 1 aliphatic heterocycles. The summed E-state index contributed by atoms with van der Waals surface area (Å²) in [4.78, 5) is 16.1. The van der Waals surface area contributed by atoms with Gasteiger partial charge in [0.1, 0.15) is 5.69 Å². The van der Waals surface area contributed by atoms with E-state index in [-0.39, 0.29) is 5.91 Å². The van der Waals surface area contributed by atoms with Gasteiger partial charge in [-0.05, 0) is 19.5 Å². The smallest absolute Gasteiger partial charge is 0.272 e. The van der Waals surface area contributed by atoms with Crippen molar-refractivity contribution in [1.29, 1.82) is 0 Å². The van der Waals surface area contributed by atoms with Gasteiger partial charge in [0.05, 0.1) is 6.20 Å². The van der Waals surface area contributed by atoms with E-state index in [1.165, 1.54) is 0 Å². The molecular formula is C10H16N4O. The van der Waals surface area contributed by atoms with Crippen LogP contribution in [0.25, 0.3) is 0 Å². The lowest BCUT2D eigenvalue weighted by molar-refractivity contribution is 0.0657. The van der Waals surface area contributed by atoms with E-state index >= 15 is 0 Å². The van der Waals surface area contributed by atoms with Crippen molar-refractivity contribution in [3.05, 3.63) is 17.5 Å². The Morgan fingerprint density at radius 2 is 2.07 bits per heavy atom. The predicted molar refractivity (Wildman–Crippen MR) is 56.7 cm³/mol. The van der Waals surface area contributed by atoms with Crippen LogP contribution in [0.1, 0.15) is 16.1 Å². The fourth-order valence-corrected chi connectivity index (χ4v) is 1.73. The van der Waals surface area contributed by atoms with Gasteiger partial charge in [-0.25, -0.2) is 0 Å². The van der Waals surface area contributed by atoms with Crippen LogP contribution in [0.15, 0.2) is 6.20 Å². The molecule has 1 aliphatic rings. The number of nitrogens with zero attached hydrogens (tertiary/aromatic N) is 3. The molecule has 2 rings (SSSR count). The zero-order chi connectivity index (χ0) is 10.8. The van der Waals surface area contributed by atoms with Crippen LogP contribution in [0, 0.1) is 6.92 Å². The first-order chi connectivity index (χ1) is 7.18. The van der Waals surface area contributed by atoms with Gasteiger partial charge in [-0.1, -0.05) is 0 Å². The summed E-state index contributed by atoms with van der Waals surface area (Å²) in [5.74, 6) is 0.0677. The summed E-state index contributed by atoms with van der Waals surface area (Å²) in [6, 6.07) is 0. The first kappa shape index (κ1) is 10.2. The number of piperazine rings is 1. The normalized spacial score (nSPS) is 18.1. The topological polar surface area (TPSA) is 52.2 Å². The lowest BCUT2D eigenvalue weighted by atomic mass is 10.2. The maximum absolute atomic E-state index is 12.0. The number of amides is 1.